The summed E-state index contributed by atoms with van der Waals surface area (Å²) in [7, 11) is 0. The smallest absolute Gasteiger partial charge is 0.158 e. The van der Waals surface area contributed by atoms with Crippen molar-refractivity contribution >= 4 is 17.0 Å². The van der Waals surface area contributed by atoms with Crippen molar-refractivity contribution in [2.75, 3.05) is 5.32 Å². The number of nitrogens with one attached hydrogen (secondary N) is 1. The number of halogens is 1. The van der Waals surface area contributed by atoms with Crippen molar-refractivity contribution in [2.45, 2.75) is 6.04 Å². The van der Waals surface area contributed by atoms with Crippen LogP contribution in [0.3, 0.4) is 0 Å². The summed E-state index contributed by atoms with van der Waals surface area (Å²) < 4.78 is 13.3. The van der Waals surface area contributed by atoms with Gasteiger partial charge < -0.3 is 5.32 Å². The average molecular weight is 233 g/mol. The third-order valence-corrected chi connectivity index (χ3v) is 2.65. The SMILES string of the molecule is N#CC(Nc1ccccc1F)c1cscn1. The quantitative estimate of drug-likeness (QED) is 0.886. The van der Waals surface area contributed by atoms with Crippen LogP contribution >= 0.6 is 11.3 Å². The highest BCUT2D eigenvalue weighted by atomic mass is 32.1. The topological polar surface area (TPSA) is 48.7 Å². The zero-order valence-corrected chi connectivity index (χ0v) is 9.04. The van der Waals surface area contributed by atoms with Crippen molar-refractivity contribution in [1.82, 2.24) is 4.98 Å². The molecule has 0 saturated carbocycles. The van der Waals surface area contributed by atoms with Crippen molar-refractivity contribution in [1.29, 1.82) is 5.26 Å². The van der Waals surface area contributed by atoms with Gasteiger partial charge in [0.25, 0.3) is 0 Å². The number of hydrogen-bond donors (Lipinski definition) is 1. The number of aromatic nitrogens is 1. The van der Waals surface area contributed by atoms with E-state index < -0.39 is 6.04 Å². The summed E-state index contributed by atoms with van der Waals surface area (Å²) in [5.74, 6) is -0.377. The van der Waals surface area contributed by atoms with E-state index in [0.717, 1.165) is 0 Å². The first-order valence-corrected chi connectivity index (χ1v) is 5.54. The molecule has 0 radical (unpaired) electrons. The highest BCUT2D eigenvalue weighted by Gasteiger charge is 2.13. The van der Waals surface area contributed by atoms with E-state index in [0.29, 0.717) is 11.4 Å². The molecule has 0 aliphatic rings. The Labute approximate surface area is 96.2 Å². The lowest BCUT2D eigenvalue weighted by Crippen LogP contribution is -2.09. The van der Waals surface area contributed by atoms with Crippen LogP contribution in [0.1, 0.15) is 11.7 Å². The van der Waals surface area contributed by atoms with Crippen LogP contribution in [0.5, 0.6) is 0 Å². The van der Waals surface area contributed by atoms with Gasteiger partial charge in [-0.2, -0.15) is 5.26 Å². The molecule has 5 heteroatoms. The van der Waals surface area contributed by atoms with Gasteiger partial charge in [-0.05, 0) is 12.1 Å². The van der Waals surface area contributed by atoms with Crippen molar-refractivity contribution in [3.63, 3.8) is 0 Å². The van der Waals surface area contributed by atoms with E-state index in [1.807, 2.05) is 6.07 Å². The molecular weight excluding hydrogens is 225 g/mol. The van der Waals surface area contributed by atoms with E-state index in [1.165, 1.54) is 17.4 Å². The Morgan fingerprint density at radius 3 is 2.88 bits per heavy atom. The highest BCUT2D eigenvalue weighted by Crippen LogP contribution is 2.20. The molecule has 0 spiro atoms. The molecule has 1 atom stereocenters. The number of nitriles is 1. The summed E-state index contributed by atoms with van der Waals surface area (Å²) in [6, 6.07) is 7.67. The van der Waals surface area contributed by atoms with Crippen molar-refractivity contribution in [3.8, 4) is 6.07 Å². The number of benzene rings is 1. The maximum Gasteiger partial charge on any atom is 0.158 e. The minimum atomic E-state index is -0.622. The number of anilines is 1. The van der Waals surface area contributed by atoms with Crippen LogP contribution in [0.15, 0.2) is 35.2 Å². The van der Waals surface area contributed by atoms with Crippen LogP contribution in [0.25, 0.3) is 0 Å². The first-order valence-electron chi connectivity index (χ1n) is 4.60. The predicted octanol–water partition coefficient (Wildman–Crippen LogP) is 2.96. The Hall–Kier alpha value is -1.93. The van der Waals surface area contributed by atoms with Gasteiger partial charge in [0.05, 0.1) is 23.0 Å². The molecule has 1 N–H and O–H groups in total. The maximum absolute atomic E-state index is 13.3. The van der Waals surface area contributed by atoms with Gasteiger partial charge in [0, 0.05) is 5.38 Å². The molecule has 0 fully saturated rings. The molecular formula is C11H8FN3S. The third-order valence-electron chi connectivity index (χ3n) is 2.05. The first kappa shape index (κ1) is 10.6. The Balaban J connectivity index is 2.21. The Morgan fingerprint density at radius 1 is 1.44 bits per heavy atom. The predicted molar refractivity (Wildman–Crippen MR) is 60.5 cm³/mol. The monoisotopic (exact) mass is 233 g/mol. The van der Waals surface area contributed by atoms with E-state index in [1.54, 1.807) is 29.1 Å². The number of nitrogens with zero attached hydrogens (tertiary/aromatic N) is 2. The molecule has 1 aromatic heterocycles. The second-order valence-electron chi connectivity index (χ2n) is 3.10. The number of para-hydroxylation sites is 1. The van der Waals surface area contributed by atoms with Gasteiger partial charge >= 0.3 is 0 Å². The fourth-order valence-corrected chi connectivity index (χ4v) is 1.85. The maximum atomic E-state index is 13.3. The molecule has 2 rings (SSSR count). The second-order valence-corrected chi connectivity index (χ2v) is 3.82. The van der Waals surface area contributed by atoms with E-state index in [4.69, 9.17) is 5.26 Å². The zero-order chi connectivity index (χ0) is 11.4. The molecule has 0 aliphatic heterocycles. The lowest BCUT2D eigenvalue weighted by molar-refractivity contribution is 0.629. The Kier molecular flexibility index (Phi) is 3.13. The van der Waals surface area contributed by atoms with Gasteiger partial charge in [-0.25, -0.2) is 9.37 Å². The Morgan fingerprint density at radius 2 is 2.25 bits per heavy atom. The van der Waals surface area contributed by atoms with Crippen LogP contribution in [-0.2, 0) is 0 Å². The molecule has 16 heavy (non-hydrogen) atoms. The van der Waals surface area contributed by atoms with E-state index in [9.17, 15) is 4.39 Å². The summed E-state index contributed by atoms with van der Waals surface area (Å²) in [5, 5.41) is 13.6. The molecule has 80 valence electrons. The second kappa shape index (κ2) is 4.73. The van der Waals surface area contributed by atoms with Crippen LogP contribution in [0.4, 0.5) is 10.1 Å². The van der Waals surface area contributed by atoms with Gasteiger partial charge in [0.1, 0.15) is 5.82 Å². The normalized spacial score (nSPS) is 11.8. The minimum absolute atomic E-state index is 0.307. The van der Waals surface area contributed by atoms with E-state index in [2.05, 4.69) is 10.3 Å². The third kappa shape index (κ3) is 2.18. The molecule has 1 heterocycles. The van der Waals surface area contributed by atoms with Crippen molar-refractivity contribution in [3.05, 3.63) is 46.7 Å². The molecule has 0 aliphatic carbocycles. The van der Waals surface area contributed by atoms with Gasteiger partial charge in [-0.3, -0.25) is 0 Å². The first-order chi connectivity index (χ1) is 7.81. The lowest BCUT2D eigenvalue weighted by atomic mass is 10.2. The van der Waals surface area contributed by atoms with Crippen LogP contribution in [0, 0.1) is 17.1 Å². The highest BCUT2D eigenvalue weighted by molar-refractivity contribution is 7.07. The van der Waals surface area contributed by atoms with Gasteiger partial charge in [0.15, 0.2) is 6.04 Å². The fraction of sp³-hybridized carbons (Fsp3) is 0.0909. The van der Waals surface area contributed by atoms with Crippen molar-refractivity contribution < 1.29 is 4.39 Å². The minimum Gasteiger partial charge on any atom is -0.363 e. The van der Waals surface area contributed by atoms with Crippen molar-refractivity contribution in [2.24, 2.45) is 0 Å². The summed E-state index contributed by atoms with van der Waals surface area (Å²) >= 11 is 1.40. The molecule has 2 aromatic rings. The summed E-state index contributed by atoms with van der Waals surface area (Å²) in [6.45, 7) is 0. The number of rotatable bonds is 3. The summed E-state index contributed by atoms with van der Waals surface area (Å²) in [6.07, 6.45) is 0. The lowest BCUT2D eigenvalue weighted by Gasteiger charge is -2.11. The molecule has 0 saturated heterocycles. The van der Waals surface area contributed by atoms with Gasteiger partial charge in [-0.1, -0.05) is 12.1 Å². The van der Waals surface area contributed by atoms with Gasteiger partial charge in [-0.15, -0.1) is 11.3 Å². The van der Waals surface area contributed by atoms with Crippen LogP contribution in [-0.4, -0.2) is 4.98 Å². The fourth-order valence-electron chi connectivity index (χ4n) is 1.27. The molecule has 1 unspecified atom stereocenters. The van der Waals surface area contributed by atoms with Crippen LogP contribution < -0.4 is 5.32 Å². The number of hydrogen-bond acceptors (Lipinski definition) is 4. The molecule has 3 nitrogen and oxygen atoms in total. The Bertz CT molecular complexity index is 504. The molecule has 0 bridgehead atoms. The summed E-state index contributed by atoms with van der Waals surface area (Å²) in [4.78, 5) is 4.02. The molecule has 0 amide bonds. The zero-order valence-electron chi connectivity index (χ0n) is 8.22. The molecule has 1 aromatic carbocycles. The van der Waals surface area contributed by atoms with E-state index in [-0.39, 0.29) is 5.82 Å². The van der Waals surface area contributed by atoms with Crippen LogP contribution in [0.2, 0.25) is 0 Å². The average Bonchev–Trinajstić information content (AvgIpc) is 2.81. The largest absolute Gasteiger partial charge is 0.363 e. The van der Waals surface area contributed by atoms with Gasteiger partial charge in [0.2, 0.25) is 0 Å². The standard InChI is InChI=1S/C11H8FN3S/c12-8-3-1-2-4-9(8)15-10(5-13)11-6-16-7-14-11/h1-4,6-7,10,15H. The summed E-state index contributed by atoms with van der Waals surface area (Å²) in [5.41, 5.74) is 2.56. The number of thiazole rings is 1. The van der Waals surface area contributed by atoms with E-state index >= 15 is 0 Å².